The van der Waals surface area contributed by atoms with Crippen molar-refractivity contribution in [1.82, 2.24) is 0 Å². The molecule has 2 N–H and O–H groups in total. The van der Waals surface area contributed by atoms with Gasteiger partial charge in [0, 0.05) is 11.3 Å². The summed E-state index contributed by atoms with van der Waals surface area (Å²) in [5, 5.41) is 0.759. The van der Waals surface area contributed by atoms with E-state index in [0.29, 0.717) is 6.04 Å². The first-order chi connectivity index (χ1) is 3.84. The zero-order valence-corrected chi connectivity index (χ0v) is 6.08. The molecule has 0 aromatic rings. The highest BCUT2D eigenvalue weighted by molar-refractivity contribution is 7.99. The molecule has 0 aromatic heterocycles. The summed E-state index contributed by atoms with van der Waals surface area (Å²) in [5.41, 5.74) is 5.77. The molecule has 0 aromatic carbocycles. The first-order valence-electron chi connectivity index (χ1n) is 3.13. The van der Waals surface area contributed by atoms with Gasteiger partial charge in [-0.25, -0.2) is 0 Å². The molecular weight excluding hydrogens is 118 g/mol. The second kappa shape index (κ2) is 2.74. The van der Waals surface area contributed by atoms with E-state index in [1.165, 1.54) is 19.3 Å². The summed E-state index contributed by atoms with van der Waals surface area (Å²) in [5.74, 6) is 0. The van der Waals surface area contributed by atoms with Crippen molar-refractivity contribution in [3.8, 4) is 0 Å². The third kappa shape index (κ3) is 1.17. The average molecular weight is 131 g/mol. The van der Waals surface area contributed by atoms with Crippen molar-refractivity contribution in [3.05, 3.63) is 0 Å². The van der Waals surface area contributed by atoms with Gasteiger partial charge in [0.25, 0.3) is 0 Å². The van der Waals surface area contributed by atoms with E-state index in [4.69, 9.17) is 5.73 Å². The lowest BCUT2D eigenvalue weighted by molar-refractivity contribution is 0.717. The maximum absolute atomic E-state index is 5.77. The molecule has 0 amide bonds. The standard InChI is InChI=1S/C6H13NS/c1-8-6-4-2-3-5(6)7/h5-6H,2-4,7H2,1H3/t5-,6+/m1/s1. The minimum Gasteiger partial charge on any atom is -0.327 e. The van der Waals surface area contributed by atoms with Gasteiger partial charge in [0.05, 0.1) is 0 Å². The third-order valence-corrected chi connectivity index (χ3v) is 3.00. The van der Waals surface area contributed by atoms with Gasteiger partial charge in [-0.15, -0.1) is 0 Å². The van der Waals surface area contributed by atoms with E-state index in [2.05, 4.69) is 6.26 Å². The van der Waals surface area contributed by atoms with Crippen LogP contribution >= 0.6 is 11.8 Å². The first kappa shape index (κ1) is 6.43. The molecule has 1 nitrogen and oxygen atoms in total. The minimum absolute atomic E-state index is 0.491. The van der Waals surface area contributed by atoms with Gasteiger partial charge in [-0.1, -0.05) is 6.42 Å². The summed E-state index contributed by atoms with van der Waals surface area (Å²) in [6.07, 6.45) is 6.07. The van der Waals surface area contributed by atoms with Crippen LogP contribution in [0, 0.1) is 0 Å². The number of hydrogen-bond acceptors (Lipinski definition) is 2. The van der Waals surface area contributed by atoms with E-state index in [-0.39, 0.29) is 0 Å². The molecule has 0 saturated heterocycles. The van der Waals surface area contributed by atoms with Crippen LogP contribution in [-0.2, 0) is 0 Å². The summed E-state index contributed by atoms with van der Waals surface area (Å²) in [6.45, 7) is 0. The number of rotatable bonds is 1. The maximum atomic E-state index is 5.77. The SMILES string of the molecule is CS[C@H]1CCC[C@H]1N. The third-order valence-electron chi connectivity index (χ3n) is 1.81. The van der Waals surface area contributed by atoms with E-state index in [9.17, 15) is 0 Å². The largest absolute Gasteiger partial charge is 0.327 e. The first-order valence-corrected chi connectivity index (χ1v) is 4.42. The highest BCUT2D eigenvalue weighted by Gasteiger charge is 2.21. The minimum atomic E-state index is 0.491. The van der Waals surface area contributed by atoms with Crippen LogP contribution in [0.15, 0.2) is 0 Å². The van der Waals surface area contributed by atoms with E-state index in [1.54, 1.807) is 0 Å². The molecule has 1 aliphatic rings. The fourth-order valence-electron chi connectivity index (χ4n) is 1.25. The van der Waals surface area contributed by atoms with Gasteiger partial charge in [0.2, 0.25) is 0 Å². The van der Waals surface area contributed by atoms with Gasteiger partial charge in [-0.2, -0.15) is 11.8 Å². The van der Waals surface area contributed by atoms with Crippen LogP contribution in [-0.4, -0.2) is 17.5 Å². The van der Waals surface area contributed by atoms with E-state index in [1.807, 2.05) is 11.8 Å². The molecule has 1 fully saturated rings. The van der Waals surface area contributed by atoms with E-state index < -0.39 is 0 Å². The van der Waals surface area contributed by atoms with Crippen molar-refractivity contribution in [2.24, 2.45) is 5.73 Å². The Hall–Kier alpha value is 0.310. The Morgan fingerprint density at radius 2 is 2.25 bits per heavy atom. The molecule has 0 bridgehead atoms. The van der Waals surface area contributed by atoms with Crippen LogP contribution in [0.2, 0.25) is 0 Å². The molecule has 0 radical (unpaired) electrons. The Bertz CT molecular complexity index is 74.9. The van der Waals surface area contributed by atoms with E-state index >= 15 is 0 Å². The molecule has 2 atom stereocenters. The van der Waals surface area contributed by atoms with Crippen molar-refractivity contribution >= 4 is 11.8 Å². The molecule has 8 heavy (non-hydrogen) atoms. The molecule has 1 rings (SSSR count). The Balaban J connectivity index is 2.30. The van der Waals surface area contributed by atoms with Gasteiger partial charge in [0.1, 0.15) is 0 Å². The van der Waals surface area contributed by atoms with Crippen LogP contribution in [0.5, 0.6) is 0 Å². The Labute approximate surface area is 55.0 Å². The molecule has 0 heterocycles. The van der Waals surface area contributed by atoms with Crippen molar-refractivity contribution in [2.75, 3.05) is 6.26 Å². The Morgan fingerprint density at radius 1 is 1.50 bits per heavy atom. The number of nitrogens with two attached hydrogens (primary N) is 1. The van der Waals surface area contributed by atoms with Crippen LogP contribution in [0.4, 0.5) is 0 Å². The van der Waals surface area contributed by atoms with Crippen molar-refractivity contribution in [1.29, 1.82) is 0 Å². The van der Waals surface area contributed by atoms with Crippen LogP contribution in [0.3, 0.4) is 0 Å². The highest BCUT2D eigenvalue weighted by Crippen LogP contribution is 2.26. The second-order valence-corrected chi connectivity index (χ2v) is 3.45. The van der Waals surface area contributed by atoms with Crippen molar-refractivity contribution in [2.45, 2.75) is 30.6 Å². The summed E-state index contributed by atoms with van der Waals surface area (Å²) >= 11 is 1.92. The van der Waals surface area contributed by atoms with Gasteiger partial charge in [-0.3, -0.25) is 0 Å². The summed E-state index contributed by atoms with van der Waals surface area (Å²) in [4.78, 5) is 0. The molecule has 0 aliphatic heterocycles. The maximum Gasteiger partial charge on any atom is 0.0196 e. The molecular formula is C6H13NS. The molecule has 1 aliphatic carbocycles. The molecule has 0 unspecified atom stereocenters. The lowest BCUT2D eigenvalue weighted by Crippen LogP contribution is -2.25. The summed E-state index contributed by atoms with van der Waals surface area (Å²) in [6, 6.07) is 0.491. The number of hydrogen-bond donors (Lipinski definition) is 1. The lowest BCUT2D eigenvalue weighted by atomic mass is 10.3. The van der Waals surface area contributed by atoms with Gasteiger partial charge < -0.3 is 5.73 Å². The lowest BCUT2D eigenvalue weighted by Gasteiger charge is -2.10. The van der Waals surface area contributed by atoms with Gasteiger partial charge in [-0.05, 0) is 19.1 Å². The van der Waals surface area contributed by atoms with Crippen molar-refractivity contribution < 1.29 is 0 Å². The normalized spacial score (nSPS) is 38.2. The second-order valence-electron chi connectivity index (χ2n) is 2.37. The molecule has 0 spiro atoms. The Morgan fingerprint density at radius 3 is 2.50 bits per heavy atom. The monoisotopic (exact) mass is 131 g/mol. The van der Waals surface area contributed by atoms with Crippen molar-refractivity contribution in [3.63, 3.8) is 0 Å². The van der Waals surface area contributed by atoms with Crippen LogP contribution in [0.1, 0.15) is 19.3 Å². The molecule has 48 valence electrons. The smallest absolute Gasteiger partial charge is 0.0196 e. The quantitative estimate of drug-likeness (QED) is 0.579. The summed E-state index contributed by atoms with van der Waals surface area (Å²) in [7, 11) is 0. The fraction of sp³-hybridized carbons (Fsp3) is 1.00. The number of thioether (sulfide) groups is 1. The highest BCUT2D eigenvalue weighted by atomic mass is 32.2. The summed E-state index contributed by atoms with van der Waals surface area (Å²) < 4.78 is 0. The predicted molar refractivity (Wildman–Crippen MR) is 39.1 cm³/mol. The zero-order chi connectivity index (χ0) is 5.98. The topological polar surface area (TPSA) is 26.0 Å². The average Bonchev–Trinajstić information content (AvgIpc) is 2.14. The predicted octanol–water partition coefficient (Wildman–Crippen LogP) is 1.23. The fourth-order valence-corrected chi connectivity index (χ4v) is 2.14. The Kier molecular flexibility index (Phi) is 2.20. The van der Waals surface area contributed by atoms with Crippen LogP contribution in [0.25, 0.3) is 0 Å². The zero-order valence-electron chi connectivity index (χ0n) is 5.26. The van der Waals surface area contributed by atoms with E-state index in [0.717, 1.165) is 5.25 Å². The molecule has 2 heteroatoms. The van der Waals surface area contributed by atoms with Gasteiger partial charge in [0.15, 0.2) is 0 Å². The van der Waals surface area contributed by atoms with Crippen LogP contribution < -0.4 is 5.73 Å². The molecule has 1 saturated carbocycles. The van der Waals surface area contributed by atoms with Gasteiger partial charge >= 0.3 is 0 Å².